The van der Waals surface area contributed by atoms with E-state index in [1.165, 1.54) is 18.2 Å². The number of hydrogen-bond donors (Lipinski definition) is 4. The zero-order valence-corrected chi connectivity index (χ0v) is 19.1. The van der Waals surface area contributed by atoms with Crippen molar-refractivity contribution in [3.05, 3.63) is 70.7 Å². The number of allylic oxidation sites excluding steroid dienone is 1. The Bertz CT molecular complexity index is 1190. The third kappa shape index (κ3) is 5.52. The van der Waals surface area contributed by atoms with Crippen molar-refractivity contribution in [2.75, 3.05) is 5.32 Å². The van der Waals surface area contributed by atoms with Gasteiger partial charge in [-0.15, -0.1) is 0 Å². The lowest BCUT2D eigenvalue weighted by molar-refractivity contribution is -0.137. The summed E-state index contributed by atoms with van der Waals surface area (Å²) < 4.78 is 53.1. The van der Waals surface area contributed by atoms with Gasteiger partial charge in [0.05, 0.1) is 16.5 Å². The van der Waals surface area contributed by atoms with Crippen LogP contribution in [0.5, 0.6) is 0 Å². The van der Waals surface area contributed by atoms with Crippen molar-refractivity contribution < 1.29 is 32.3 Å². The lowest BCUT2D eigenvalue weighted by atomic mass is 9.93. The van der Waals surface area contributed by atoms with E-state index in [2.05, 4.69) is 10.6 Å². The van der Waals surface area contributed by atoms with Crippen LogP contribution in [0.15, 0.2) is 42.6 Å². The van der Waals surface area contributed by atoms with E-state index in [1.54, 1.807) is 6.20 Å². The molecule has 4 N–H and O–H groups in total. The van der Waals surface area contributed by atoms with E-state index in [-0.39, 0.29) is 41.3 Å². The third-order valence-electron chi connectivity index (χ3n) is 6.11. The molecule has 1 saturated carbocycles. The predicted molar refractivity (Wildman–Crippen MR) is 124 cm³/mol. The molecule has 2 aromatic rings. The van der Waals surface area contributed by atoms with Crippen LogP contribution in [0.4, 0.5) is 23.2 Å². The van der Waals surface area contributed by atoms with Crippen molar-refractivity contribution >= 4 is 29.4 Å². The van der Waals surface area contributed by atoms with Crippen molar-refractivity contribution in [2.45, 2.75) is 50.7 Å². The van der Waals surface area contributed by atoms with Gasteiger partial charge in [0.2, 0.25) is 5.91 Å². The topological polar surface area (TPSA) is 102 Å². The number of amides is 1. The van der Waals surface area contributed by atoms with Crippen LogP contribution in [0.2, 0.25) is 0 Å². The van der Waals surface area contributed by atoms with Gasteiger partial charge >= 0.3 is 12.1 Å². The van der Waals surface area contributed by atoms with Gasteiger partial charge in [-0.1, -0.05) is 19.1 Å². The number of nitrogens with one attached hydrogen (secondary N) is 3. The highest BCUT2D eigenvalue weighted by molar-refractivity contribution is 6.12. The molecule has 186 valence electrons. The molecule has 1 unspecified atom stereocenters. The summed E-state index contributed by atoms with van der Waals surface area (Å²) >= 11 is 0. The number of rotatable bonds is 9. The molecule has 0 saturated heterocycles. The van der Waals surface area contributed by atoms with E-state index in [0.717, 1.165) is 24.8 Å². The molecule has 0 aliphatic heterocycles. The van der Waals surface area contributed by atoms with Gasteiger partial charge in [-0.2, -0.15) is 13.2 Å². The van der Waals surface area contributed by atoms with Crippen LogP contribution in [-0.2, 0) is 16.4 Å². The number of anilines is 1. The van der Waals surface area contributed by atoms with Gasteiger partial charge in [-0.05, 0) is 56.0 Å². The number of carboxylic acids is 1. The average molecular weight is 491 g/mol. The Labute approximate surface area is 199 Å². The maximum Gasteiger partial charge on any atom is 0.416 e. The highest BCUT2D eigenvalue weighted by Crippen LogP contribution is 2.50. The Hall–Kier alpha value is -3.69. The number of hydrogen-bond acceptors (Lipinski definition) is 4. The largest absolute Gasteiger partial charge is 0.478 e. The van der Waals surface area contributed by atoms with Gasteiger partial charge in [0.15, 0.2) is 0 Å². The number of halogens is 4. The molecule has 1 amide bonds. The molecule has 6 nitrogen and oxygen atoms in total. The standard InChI is InChI=1S/C25H25F4N3O3/c1-3-14(2)31-13-15(12-30)18-6-5-17(11-19(18)22(33)34)32-23(35)24(8-9-24)20-7-4-16(10-21(20)26)25(27,28)29/h4-7,10-14,30-31H,3,8-9H2,1-2H3,(H,32,35)(H,33,34)/b15-13+,30-12?. The first kappa shape index (κ1) is 25.9. The average Bonchev–Trinajstić information content (AvgIpc) is 3.61. The molecule has 1 fully saturated rings. The summed E-state index contributed by atoms with van der Waals surface area (Å²) in [6.07, 6.45) is -0.837. The molecule has 3 rings (SSSR count). The fourth-order valence-corrected chi connectivity index (χ4v) is 3.67. The Morgan fingerprint density at radius 2 is 1.86 bits per heavy atom. The maximum absolute atomic E-state index is 14.5. The summed E-state index contributed by atoms with van der Waals surface area (Å²) in [6.45, 7) is 3.90. The van der Waals surface area contributed by atoms with Gasteiger partial charge in [0.25, 0.3) is 0 Å². The van der Waals surface area contributed by atoms with Crippen LogP contribution in [0.1, 0.15) is 60.2 Å². The fraction of sp³-hybridized carbons (Fsp3) is 0.320. The molecule has 10 heteroatoms. The van der Waals surface area contributed by atoms with Gasteiger partial charge in [0, 0.05) is 35.3 Å². The molecule has 1 aliphatic rings. The highest BCUT2D eigenvalue weighted by Gasteiger charge is 2.53. The molecule has 0 aromatic heterocycles. The molecule has 0 bridgehead atoms. The van der Waals surface area contributed by atoms with E-state index in [4.69, 9.17) is 5.41 Å². The lowest BCUT2D eigenvalue weighted by Crippen LogP contribution is -2.29. The zero-order chi connectivity index (χ0) is 26.0. The predicted octanol–water partition coefficient (Wildman–Crippen LogP) is 5.59. The number of carboxylic acid groups (broad SMARTS) is 1. The van der Waals surface area contributed by atoms with E-state index in [9.17, 15) is 32.3 Å². The smallest absolute Gasteiger partial charge is 0.416 e. The summed E-state index contributed by atoms with van der Waals surface area (Å²) in [5.74, 6) is -3.03. The summed E-state index contributed by atoms with van der Waals surface area (Å²) in [4.78, 5) is 24.9. The Morgan fingerprint density at radius 3 is 2.37 bits per heavy atom. The third-order valence-corrected chi connectivity index (χ3v) is 6.11. The Kier molecular flexibility index (Phi) is 7.33. The van der Waals surface area contributed by atoms with E-state index in [1.807, 2.05) is 13.8 Å². The van der Waals surface area contributed by atoms with E-state index in [0.29, 0.717) is 11.6 Å². The van der Waals surface area contributed by atoms with Crippen LogP contribution in [0.3, 0.4) is 0 Å². The van der Waals surface area contributed by atoms with E-state index < -0.39 is 34.8 Å². The number of carbonyl (C=O) groups is 2. The van der Waals surface area contributed by atoms with Gasteiger partial charge in [-0.3, -0.25) is 4.79 Å². The van der Waals surface area contributed by atoms with Crippen molar-refractivity contribution in [1.82, 2.24) is 5.32 Å². The van der Waals surface area contributed by atoms with Crippen LogP contribution < -0.4 is 10.6 Å². The number of aromatic carboxylic acids is 1. The molecular weight excluding hydrogens is 466 g/mol. The fourth-order valence-electron chi connectivity index (χ4n) is 3.67. The van der Waals surface area contributed by atoms with Crippen LogP contribution in [0.25, 0.3) is 5.57 Å². The first-order chi connectivity index (χ1) is 16.4. The number of benzene rings is 2. The number of carbonyl (C=O) groups excluding carboxylic acids is 1. The molecule has 2 aromatic carbocycles. The molecule has 1 aliphatic carbocycles. The summed E-state index contributed by atoms with van der Waals surface area (Å²) in [7, 11) is 0. The van der Waals surface area contributed by atoms with Crippen molar-refractivity contribution in [1.29, 1.82) is 5.41 Å². The monoisotopic (exact) mass is 491 g/mol. The van der Waals surface area contributed by atoms with Crippen molar-refractivity contribution in [3.8, 4) is 0 Å². The Morgan fingerprint density at radius 1 is 1.17 bits per heavy atom. The summed E-state index contributed by atoms with van der Waals surface area (Å²) in [6, 6.07) is 6.33. The van der Waals surface area contributed by atoms with E-state index >= 15 is 0 Å². The maximum atomic E-state index is 14.5. The molecule has 0 radical (unpaired) electrons. The molecular formula is C25H25F4N3O3. The Balaban J connectivity index is 1.88. The van der Waals surface area contributed by atoms with Crippen molar-refractivity contribution in [3.63, 3.8) is 0 Å². The van der Waals surface area contributed by atoms with Gasteiger partial charge < -0.3 is 21.1 Å². The van der Waals surface area contributed by atoms with Crippen LogP contribution in [-0.4, -0.2) is 29.2 Å². The summed E-state index contributed by atoms with van der Waals surface area (Å²) in [5, 5.41) is 23.0. The van der Waals surface area contributed by atoms with Crippen molar-refractivity contribution in [2.24, 2.45) is 0 Å². The molecule has 35 heavy (non-hydrogen) atoms. The first-order valence-electron chi connectivity index (χ1n) is 11.0. The van der Waals surface area contributed by atoms with Gasteiger partial charge in [0.1, 0.15) is 5.82 Å². The second-order valence-corrected chi connectivity index (χ2v) is 8.51. The normalized spacial score (nSPS) is 15.8. The second kappa shape index (κ2) is 9.89. The minimum Gasteiger partial charge on any atom is -0.478 e. The minimum atomic E-state index is -4.71. The van der Waals surface area contributed by atoms with Gasteiger partial charge in [-0.25, -0.2) is 9.18 Å². The highest BCUT2D eigenvalue weighted by atomic mass is 19.4. The molecule has 0 spiro atoms. The first-order valence-corrected chi connectivity index (χ1v) is 11.0. The van der Waals surface area contributed by atoms with Crippen LogP contribution in [0, 0.1) is 11.2 Å². The quantitative estimate of drug-likeness (QED) is 0.271. The number of alkyl halides is 3. The molecule has 1 atom stereocenters. The molecule has 0 heterocycles. The minimum absolute atomic E-state index is 0.108. The van der Waals surface area contributed by atoms with Crippen LogP contribution >= 0.6 is 0 Å². The SMILES string of the molecule is CCC(C)N/C=C(\C=N)c1ccc(NC(=O)C2(c3ccc(C(F)(F)F)cc3F)CC2)cc1C(=O)O. The zero-order valence-electron chi connectivity index (χ0n) is 19.1. The summed E-state index contributed by atoms with van der Waals surface area (Å²) in [5.41, 5.74) is -2.04. The second-order valence-electron chi connectivity index (χ2n) is 8.51. The lowest BCUT2D eigenvalue weighted by Gasteiger charge is -2.18.